The van der Waals surface area contributed by atoms with Crippen LogP contribution in [0.2, 0.25) is 0 Å². The monoisotopic (exact) mass is 374 g/mol. The van der Waals surface area contributed by atoms with E-state index in [1.165, 1.54) is 0 Å². The third kappa shape index (κ3) is 3.01. The maximum atomic E-state index is 12.7. The zero-order valence-corrected chi connectivity index (χ0v) is 14.1. The number of halogens is 1. The lowest BCUT2D eigenvalue weighted by Crippen LogP contribution is -2.17. The lowest BCUT2D eigenvalue weighted by Gasteiger charge is -2.10. The van der Waals surface area contributed by atoms with Crippen LogP contribution in [0, 0.1) is 0 Å². The van der Waals surface area contributed by atoms with Gasteiger partial charge in [0.25, 0.3) is 0 Å². The molecule has 3 rings (SSSR count). The molecule has 0 aromatic heterocycles. The highest BCUT2D eigenvalue weighted by molar-refractivity contribution is 9.10. The van der Waals surface area contributed by atoms with Crippen molar-refractivity contribution in [2.24, 2.45) is 0 Å². The van der Waals surface area contributed by atoms with Crippen LogP contribution in [0.1, 0.15) is 34.3 Å². The van der Waals surface area contributed by atoms with Gasteiger partial charge in [-0.3, -0.25) is 9.59 Å². The Morgan fingerprint density at radius 2 is 2.00 bits per heavy atom. The first-order chi connectivity index (χ1) is 11.1. The molecule has 1 aliphatic rings. The summed E-state index contributed by atoms with van der Waals surface area (Å²) in [6.07, 6.45) is 0. The average Bonchev–Trinajstić information content (AvgIpc) is 2.98. The quantitative estimate of drug-likeness (QED) is 0.604. The minimum absolute atomic E-state index is 0.132. The van der Waals surface area contributed by atoms with Crippen LogP contribution in [0.15, 0.2) is 46.9 Å². The fourth-order valence-electron chi connectivity index (χ4n) is 2.64. The Morgan fingerprint density at radius 1 is 1.26 bits per heavy atom. The van der Waals surface area contributed by atoms with Gasteiger partial charge in [-0.15, -0.1) is 0 Å². The summed E-state index contributed by atoms with van der Waals surface area (Å²) in [5.41, 5.74) is 1.72. The highest BCUT2D eigenvalue weighted by Gasteiger charge is 2.35. The molecular weight excluding hydrogens is 360 g/mol. The summed E-state index contributed by atoms with van der Waals surface area (Å²) in [4.78, 5) is 24.8. The SMILES string of the molecule is CCOC(=O)C1COc2c(C(=O)c3ccccc3)cc(Br)cc21. The van der Waals surface area contributed by atoms with E-state index in [0.29, 0.717) is 29.0 Å². The van der Waals surface area contributed by atoms with Crippen molar-refractivity contribution < 1.29 is 19.1 Å². The smallest absolute Gasteiger partial charge is 0.317 e. The van der Waals surface area contributed by atoms with Crippen LogP contribution in [0.3, 0.4) is 0 Å². The number of benzene rings is 2. The second-order valence-corrected chi connectivity index (χ2v) is 6.10. The summed E-state index contributed by atoms with van der Waals surface area (Å²) in [5.74, 6) is -0.486. The molecule has 23 heavy (non-hydrogen) atoms. The molecule has 1 unspecified atom stereocenters. The molecule has 0 aliphatic carbocycles. The van der Waals surface area contributed by atoms with Crippen molar-refractivity contribution in [3.8, 4) is 5.75 Å². The molecule has 2 aromatic carbocycles. The maximum Gasteiger partial charge on any atom is 0.317 e. The van der Waals surface area contributed by atoms with Crippen molar-refractivity contribution in [1.82, 2.24) is 0 Å². The molecule has 0 N–H and O–H groups in total. The fraction of sp³-hybridized carbons (Fsp3) is 0.222. The van der Waals surface area contributed by atoms with E-state index in [4.69, 9.17) is 9.47 Å². The predicted octanol–water partition coefficient (Wildman–Crippen LogP) is 3.72. The molecule has 4 nitrogen and oxygen atoms in total. The van der Waals surface area contributed by atoms with E-state index in [2.05, 4.69) is 15.9 Å². The number of esters is 1. The molecule has 1 atom stereocenters. The van der Waals surface area contributed by atoms with Crippen LogP contribution in [-0.2, 0) is 9.53 Å². The Bertz CT molecular complexity index is 755. The van der Waals surface area contributed by atoms with Gasteiger partial charge in [-0.25, -0.2) is 0 Å². The van der Waals surface area contributed by atoms with Gasteiger partial charge >= 0.3 is 5.97 Å². The predicted molar refractivity (Wildman–Crippen MR) is 88.9 cm³/mol. The highest BCUT2D eigenvalue weighted by atomic mass is 79.9. The summed E-state index contributed by atoms with van der Waals surface area (Å²) in [5, 5.41) is 0. The van der Waals surface area contributed by atoms with Crippen molar-refractivity contribution in [3.63, 3.8) is 0 Å². The van der Waals surface area contributed by atoms with Crippen LogP contribution in [0.4, 0.5) is 0 Å². The van der Waals surface area contributed by atoms with E-state index in [-0.39, 0.29) is 18.4 Å². The zero-order chi connectivity index (χ0) is 16.4. The topological polar surface area (TPSA) is 52.6 Å². The van der Waals surface area contributed by atoms with Crippen LogP contribution in [0.25, 0.3) is 0 Å². The van der Waals surface area contributed by atoms with E-state index in [0.717, 1.165) is 4.47 Å². The number of carbonyl (C=O) groups is 2. The molecule has 0 bridgehead atoms. The van der Waals surface area contributed by atoms with Crippen LogP contribution in [0.5, 0.6) is 5.75 Å². The summed E-state index contributed by atoms with van der Waals surface area (Å²) >= 11 is 3.41. The van der Waals surface area contributed by atoms with Crippen LogP contribution >= 0.6 is 15.9 Å². The molecule has 2 aromatic rings. The van der Waals surface area contributed by atoms with E-state index >= 15 is 0 Å². The van der Waals surface area contributed by atoms with Crippen molar-refractivity contribution in [3.05, 3.63) is 63.6 Å². The van der Waals surface area contributed by atoms with Crippen molar-refractivity contribution in [2.75, 3.05) is 13.2 Å². The first-order valence-corrected chi connectivity index (χ1v) is 8.13. The molecule has 0 saturated heterocycles. The molecule has 1 aliphatic heterocycles. The number of ketones is 1. The Hall–Kier alpha value is -2.14. The second-order valence-electron chi connectivity index (χ2n) is 5.18. The molecule has 0 saturated carbocycles. The molecular formula is C18H15BrO4. The van der Waals surface area contributed by atoms with E-state index < -0.39 is 5.92 Å². The van der Waals surface area contributed by atoms with Gasteiger partial charge in [-0.05, 0) is 19.1 Å². The number of ether oxygens (including phenoxy) is 2. The lowest BCUT2D eigenvalue weighted by molar-refractivity contribution is -0.145. The van der Waals surface area contributed by atoms with Gasteiger partial charge in [0, 0.05) is 15.6 Å². The van der Waals surface area contributed by atoms with Gasteiger partial charge in [0.2, 0.25) is 0 Å². The Kier molecular flexibility index (Phi) is 4.48. The zero-order valence-electron chi connectivity index (χ0n) is 12.5. The lowest BCUT2D eigenvalue weighted by atomic mass is 9.95. The van der Waals surface area contributed by atoms with Gasteiger partial charge in [0.15, 0.2) is 5.78 Å². The van der Waals surface area contributed by atoms with Gasteiger partial charge in [0.1, 0.15) is 18.3 Å². The third-order valence-electron chi connectivity index (χ3n) is 3.70. The normalized spacial score (nSPS) is 15.7. The Labute approximate surface area is 142 Å². The average molecular weight is 375 g/mol. The molecule has 118 valence electrons. The van der Waals surface area contributed by atoms with Gasteiger partial charge in [-0.1, -0.05) is 46.3 Å². The molecule has 1 heterocycles. The fourth-order valence-corrected chi connectivity index (χ4v) is 3.12. The second kappa shape index (κ2) is 6.54. The summed E-state index contributed by atoms with van der Waals surface area (Å²) < 4.78 is 11.5. The molecule has 0 spiro atoms. The minimum Gasteiger partial charge on any atom is -0.491 e. The van der Waals surface area contributed by atoms with Crippen molar-refractivity contribution in [2.45, 2.75) is 12.8 Å². The summed E-state index contributed by atoms with van der Waals surface area (Å²) in [6.45, 7) is 2.27. The van der Waals surface area contributed by atoms with E-state index in [1.54, 1.807) is 25.1 Å². The Balaban J connectivity index is 2.03. The number of rotatable bonds is 4. The maximum absolute atomic E-state index is 12.7. The van der Waals surface area contributed by atoms with E-state index in [9.17, 15) is 9.59 Å². The minimum atomic E-state index is -0.496. The first-order valence-electron chi connectivity index (χ1n) is 7.34. The van der Waals surface area contributed by atoms with Crippen LogP contribution in [-0.4, -0.2) is 25.0 Å². The van der Waals surface area contributed by atoms with Gasteiger partial charge in [-0.2, -0.15) is 0 Å². The van der Waals surface area contributed by atoms with Crippen LogP contribution < -0.4 is 4.74 Å². The number of fused-ring (bicyclic) bond motifs is 1. The van der Waals surface area contributed by atoms with Crippen molar-refractivity contribution >= 4 is 27.7 Å². The molecule has 0 fully saturated rings. The molecule has 0 radical (unpaired) electrons. The third-order valence-corrected chi connectivity index (χ3v) is 4.16. The Morgan fingerprint density at radius 3 is 2.70 bits per heavy atom. The molecule has 5 heteroatoms. The first kappa shape index (κ1) is 15.7. The number of carbonyl (C=O) groups excluding carboxylic acids is 2. The summed E-state index contributed by atoms with van der Waals surface area (Å²) in [7, 11) is 0. The highest BCUT2D eigenvalue weighted by Crippen LogP contribution is 2.40. The summed E-state index contributed by atoms with van der Waals surface area (Å²) in [6, 6.07) is 12.5. The standard InChI is InChI=1S/C18H15BrO4/c1-2-22-18(21)15-10-23-17-13(15)8-12(19)9-14(17)16(20)11-6-4-3-5-7-11/h3-9,15H,2,10H2,1H3. The van der Waals surface area contributed by atoms with Gasteiger partial charge in [0.05, 0.1) is 12.2 Å². The van der Waals surface area contributed by atoms with E-state index in [1.807, 2.05) is 24.3 Å². The van der Waals surface area contributed by atoms with Gasteiger partial charge < -0.3 is 9.47 Å². The van der Waals surface area contributed by atoms with Crippen molar-refractivity contribution in [1.29, 1.82) is 0 Å². The number of hydrogen-bond acceptors (Lipinski definition) is 4. The largest absolute Gasteiger partial charge is 0.491 e. The molecule has 0 amide bonds. The number of hydrogen-bond donors (Lipinski definition) is 0.